The molecule has 0 radical (unpaired) electrons. The molecule has 1 fully saturated rings. The first-order valence-corrected chi connectivity index (χ1v) is 9.05. The maximum absolute atomic E-state index is 12.6. The molecule has 1 aliphatic rings. The Kier molecular flexibility index (Phi) is 5.96. The van der Waals surface area contributed by atoms with Crippen LogP contribution in [0.3, 0.4) is 0 Å². The van der Waals surface area contributed by atoms with Gasteiger partial charge < -0.3 is 20.1 Å². The SMILES string of the molecule is COc1ccc(NC(=O)c2cccc(C(=O)NC3CCCC3)c2)cc1OC. The van der Waals surface area contributed by atoms with Gasteiger partial charge in [-0.05, 0) is 43.2 Å². The summed E-state index contributed by atoms with van der Waals surface area (Å²) in [4.78, 5) is 25.0. The van der Waals surface area contributed by atoms with E-state index in [0.29, 0.717) is 28.3 Å². The molecule has 0 atom stereocenters. The Hall–Kier alpha value is -3.02. The summed E-state index contributed by atoms with van der Waals surface area (Å²) in [6.07, 6.45) is 4.34. The van der Waals surface area contributed by atoms with Gasteiger partial charge in [0.2, 0.25) is 0 Å². The Bertz CT molecular complexity index is 829. The van der Waals surface area contributed by atoms with E-state index in [0.717, 1.165) is 25.7 Å². The van der Waals surface area contributed by atoms with Crippen molar-refractivity contribution in [3.05, 3.63) is 53.6 Å². The summed E-state index contributed by atoms with van der Waals surface area (Å²) in [7, 11) is 3.09. The molecule has 6 heteroatoms. The first-order chi connectivity index (χ1) is 13.1. The third-order valence-electron chi connectivity index (χ3n) is 4.72. The smallest absolute Gasteiger partial charge is 0.255 e. The fourth-order valence-corrected chi connectivity index (χ4v) is 3.26. The largest absolute Gasteiger partial charge is 0.493 e. The molecular weight excluding hydrogens is 344 g/mol. The van der Waals surface area contributed by atoms with Gasteiger partial charge in [0, 0.05) is 28.9 Å². The number of amides is 2. The number of methoxy groups -OCH3 is 2. The minimum absolute atomic E-state index is 0.136. The van der Waals surface area contributed by atoms with Crippen LogP contribution < -0.4 is 20.1 Å². The van der Waals surface area contributed by atoms with E-state index in [9.17, 15) is 9.59 Å². The van der Waals surface area contributed by atoms with Gasteiger partial charge in [-0.2, -0.15) is 0 Å². The number of ether oxygens (including phenoxy) is 2. The van der Waals surface area contributed by atoms with Crippen molar-refractivity contribution in [2.45, 2.75) is 31.7 Å². The van der Waals surface area contributed by atoms with E-state index in [1.165, 1.54) is 7.11 Å². The summed E-state index contributed by atoms with van der Waals surface area (Å²) in [5, 5.41) is 5.85. The maximum Gasteiger partial charge on any atom is 0.255 e. The quantitative estimate of drug-likeness (QED) is 0.816. The van der Waals surface area contributed by atoms with Crippen LogP contribution in [0.1, 0.15) is 46.4 Å². The van der Waals surface area contributed by atoms with Crippen molar-refractivity contribution in [1.82, 2.24) is 5.32 Å². The molecule has 0 spiro atoms. The highest BCUT2D eigenvalue weighted by molar-refractivity contribution is 6.06. The molecule has 6 nitrogen and oxygen atoms in total. The highest BCUT2D eigenvalue weighted by atomic mass is 16.5. The average Bonchev–Trinajstić information content (AvgIpc) is 3.21. The second-order valence-corrected chi connectivity index (χ2v) is 6.56. The van der Waals surface area contributed by atoms with E-state index in [1.54, 1.807) is 49.6 Å². The molecule has 27 heavy (non-hydrogen) atoms. The minimum Gasteiger partial charge on any atom is -0.493 e. The number of carbonyl (C=O) groups excluding carboxylic acids is 2. The van der Waals surface area contributed by atoms with Crippen LogP contribution >= 0.6 is 0 Å². The van der Waals surface area contributed by atoms with E-state index in [4.69, 9.17) is 9.47 Å². The number of hydrogen-bond donors (Lipinski definition) is 2. The number of anilines is 1. The molecule has 0 unspecified atom stereocenters. The number of hydrogen-bond acceptors (Lipinski definition) is 4. The summed E-state index contributed by atoms with van der Waals surface area (Å²) in [5.74, 6) is 0.682. The summed E-state index contributed by atoms with van der Waals surface area (Å²) in [5.41, 5.74) is 1.49. The highest BCUT2D eigenvalue weighted by Gasteiger charge is 2.18. The standard InChI is InChI=1S/C21H24N2O4/c1-26-18-11-10-17(13-19(18)27-2)23-21(25)15-7-5-6-14(12-15)20(24)22-16-8-3-4-9-16/h5-7,10-13,16H,3-4,8-9H2,1-2H3,(H,22,24)(H,23,25). The van der Waals surface area contributed by atoms with E-state index in [-0.39, 0.29) is 17.9 Å². The number of rotatable bonds is 6. The van der Waals surface area contributed by atoms with E-state index in [1.807, 2.05) is 0 Å². The van der Waals surface area contributed by atoms with Gasteiger partial charge in [0.15, 0.2) is 11.5 Å². The lowest BCUT2D eigenvalue weighted by atomic mass is 10.1. The maximum atomic E-state index is 12.6. The predicted molar refractivity (Wildman–Crippen MR) is 104 cm³/mol. The van der Waals surface area contributed by atoms with Crippen LogP contribution in [0.4, 0.5) is 5.69 Å². The molecule has 0 aliphatic heterocycles. The molecule has 0 bridgehead atoms. The number of nitrogens with one attached hydrogen (secondary N) is 2. The summed E-state index contributed by atoms with van der Waals surface area (Å²) < 4.78 is 10.4. The van der Waals surface area contributed by atoms with Crippen LogP contribution in [0.15, 0.2) is 42.5 Å². The molecule has 2 aromatic carbocycles. The van der Waals surface area contributed by atoms with Gasteiger partial charge in [0.25, 0.3) is 11.8 Å². The minimum atomic E-state index is -0.294. The summed E-state index contributed by atoms with van der Waals surface area (Å²) >= 11 is 0. The molecule has 0 heterocycles. The molecular formula is C21H24N2O4. The lowest BCUT2D eigenvalue weighted by Crippen LogP contribution is -2.32. The van der Waals surface area contributed by atoms with Gasteiger partial charge in [-0.15, -0.1) is 0 Å². The summed E-state index contributed by atoms with van der Waals surface area (Å²) in [6, 6.07) is 12.1. The number of carbonyl (C=O) groups is 2. The molecule has 3 rings (SSSR count). The molecule has 2 N–H and O–H groups in total. The normalized spacial score (nSPS) is 13.9. The van der Waals surface area contributed by atoms with Gasteiger partial charge in [0.05, 0.1) is 14.2 Å². The Morgan fingerprint density at radius 2 is 1.56 bits per heavy atom. The Morgan fingerprint density at radius 3 is 2.22 bits per heavy atom. The zero-order chi connectivity index (χ0) is 19.2. The second-order valence-electron chi connectivity index (χ2n) is 6.56. The molecule has 2 aromatic rings. The van der Waals surface area contributed by atoms with Crippen molar-refractivity contribution in [2.24, 2.45) is 0 Å². The van der Waals surface area contributed by atoms with Crippen molar-refractivity contribution in [1.29, 1.82) is 0 Å². The molecule has 0 aromatic heterocycles. The molecule has 0 saturated heterocycles. The first-order valence-electron chi connectivity index (χ1n) is 9.05. The summed E-state index contributed by atoms with van der Waals surface area (Å²) in [6.45, 7) is 0. The molecule has 1 aliphatic carbocycles. The zero-order valence-electron chi connectivity index (χ0n) is 15.6. The topological polar surface area (TPSA) is 76.7 Å². The lowest BCUT2D eigenvalue weighted by Gasteiger charge is -2.13. The third kappa shape index (κ3) is 4.58. The van der Waals surface area contributed by atoms with Crippen molar-refractivity contribution in [2.75, 3.05) is 19.5 Å². The average molecular weight is 368 g/mol. The predicted octanol–water partition coefficient (Wildman–Crippen LogP) is 3.63. The van der Waals surface area contributed by atoms with Crippen LogP contribution in [0.2, 0.25) is 0 Å². The second kappa shape index (κ2) is 8.58. The van der Waals surface area contributed by atoms with E-state index in [2.05, 4.69) is 10.6 Å². The molecule has 1 saturated carbocycles. The Morgan fingerprint density at radius 1 is 0.889 bits per heavy atom. The Balaban J connectivity index is 1.70. The van der Waals surface area contributed by atoms with E-state index >= 15 is 0 Å². The van der Waals surface area contributed by atoms with Crippen LogP contribution in [-0.2, 0) is 0 Å². The number of benzene rings is 2. The van der Waals surface area contributed by atoms with Crippen molar-refractivity contribution in [3.8, 4) is 11.5 Å². The van der Waals surface area contributed by atoms with Gasteiger partial charge >= 0.3 is 0 Å². The van der Waals surface area contributed by atoms with Gasteiger partial charge in [-0.3, -0.25) is 9.59 Å². The van der Waals surface area contributed by atoms with Crippen LogP contribution in [0.25, 0.3) is 0 Å². The third-order valence-corrected chi connectivity index (χ3v) is 4.72. The first kappa shape index (κ1) is 18.8. The fraction of sp³-hybridized carbons (Fsp3) is 0.333. The van der Waals surface area contributed by atoms with Crippen LogP contribution in [-0.4, -0.2) is 32.1 Å². The molecule has 142 valence electrons. The molecule has 2 amide bonds. The zero-order valence-corrected chi connectivity index (χ0v) is 15.6. The fourth-order valence-electron chi connectivity index (χ4n) is 3.26. The van der Waals surface area contributed by atoms with Crippen molar-refractivity contribution < 1.29 is 19.1 Å². The van der Waals surface area contributed by atoms with Gasteiger partial charge in [0.1, 0.15) is 0 Å². The van der Waals surface area contributed by atoms with Gasteiger partial charge in [-0.25, -0.2) is 0 Å². The van der Waals surface area contributed by atoms with Crippen molar-refractivity contribution in [3.63, 3.8) is 0 Å². The Labute approximate surface area is 158 Å². The van der Waals surface area contributed by atoms with Gasteiger partial charge in [-0.1, -0.05) is 18.9 Å². The highest BCUT2D eigenvalue weighted by Crippen LogP contribution is 2.30. The lowest BCUT2D eigenvalue weighted by molar-refractivity contribution is 0.0938. The van der Waals surface area contributed by atoms with Crippen LogP contribution in [0, 0.1) is 0 Å². The monoisotopic (exact) mass is 368 g/mol. The van der Waals surface area contributed by atoms with Crippen molar-refractivity contribution >= 4 is 17.5 Å². The van der Waals surface area contributed by atoms with E-state index < -0.39 is 0 Å². The van der Waals surface area contributed by atoms with Crippen LogP contribution in [0.5, 0.6) is 11.5 Å².